The molecule has 1 heterocycles. The molecule has 0 saturated heterocycles. The van der Waals surface area contributed by atoms with Crippen LogP contribution in [0.15, 0.2) is 29.4 Å². The van der Waals surface area contributed by atoms with Gasteiger partial charge in [-0.2, -0.15) is 0 Å². The zero-order valence-corrected chi connectivity index (χ0v) is 18.3. The van der Waals surface area contributed by atoms with Crippen molar-refractivity contribution in [1.82, 2.24) is 20.1 Å². The number of rotatable bonds is 6. The maximum absolute atomic E-state index is 14.5. The van der Waals surface area contributed by atoms with Gasteiger partial charge in [0.2, 0.25) is 5.91 Å². The first kappa shape index (κ1) is 21.3. The Kier molecular flexibility index (Phi) is 7.42. The van der Waals surface area contributed by atoms with Crippen molar-refractivity contribution < 1.29 is 9.18 Å². The molecule has 162 valence electrons. The van der Waals surface area contributed by atoms with Gasteiger partial charge in [-0.3, -0.25) is 9.36 Å². The van der Waals surface area contributed by atoms with Crippen molar-refractivity contribution in [3.05, 3.63) is 30.1 Å². The molecule has 2 saturated carbocycles. The van der Waals surface area contributed by atoms with Gasteiger partial charge in [-0.25, -0.2) is 4.39 Å². The van der Waals surface area contributed by atoms with Crippen LogP contribution in [0.5, 0.6) is 0 Å². The summed E-state index contributed by atoms with van der Waals surface area (Å²) in [6.07, 6.45) is 12.7. The van der Waals surface area contributed by atoms with Crippen molar-refractivity contribution in [3.8, 4) is 11.4 Å². The molecule has 0 atom stereocenters. The molecule has 1 amide bonds. The van der Waals surface area contributed by atoms with Gasteiger partial charge in [0.05, 0.1) is 11.3 Å². The van der Waals surface area contributed by atoms with Crippen molar-refractivity contribution in [2.24, 2.45) is 0 Å². The van der Waals surface area contributed by atoms with Gasteiger partial charge < -0.3 is 5.32 Å². The highest BCUT2D eigenvalue weighted by atomic mass is 32.2. The zero-order valence-electron chi connectivity index (χ0n) is 17.5. The lowest BCUT2D eigenvalue weighted by atomic mass is 9.95. The molecule has 0 aliphatic heterocycles. The number of benzene rings is 1. The lowest BCUT2D eigenvalue weighted by Crippen LogP contribution is -2.35. The number of halogens is 1. The molecular weight excluding hydrogens is 399 g/mol. The number of thioether (sulfide) groups is 1. The van der Waals surface area contributed by atoms with Crippen molar-refractivity contribution in [2.45, 2.75) is 87.9 Å². The minimum Gasteiger partial charge on any atom is -0.353 e. The number of amides is 1. The molecule has 4 rings (SSSR count). The third-order valence-electron chi connectivity index (χ3n) is 6.27. The first-order valence-corrected chi connectivity index (χ1v) is 12.3. The third-order valence-corrected chi connectivity index (χ3v) is 7.21. The molecule has 1 aromatic heterocycles. The summed E-state index contributed by atoms with van der Waals surface area (Å²) in [4.78, 5) is 12.6. The minimum atomic E-state index is -0.287. The first-order valence-electron chi connectivity index (χ1n) is 11.3. The lowest BCUT2D eigenvalue weighted by molar-refractivity contribution is -0.119. The van der Waals surface area contributed by atoms with Gasteiger partial charge in [0, 0.05) is 12.1 Å². The second kappa shape index (κ2) is 10.4. The molecule has 0 bridgehead atoms. The Bertz CT molecular complexity index is 841. The van der Waals surface area contributed by atoms with Crippen molar-refractivity contribution in [1.29, 1.82) is 0 Å². The molecule has 0 unspecified atom stereocenters. The van der Waals surface area contributed by atoms with E-state index in [1.54, 1.807) is 12.1 Å². The fourth-order valence-electron chi connectivity index (χ4n) is 4.69. The van der Waals surface area contributed by atoms with Crippen LogP contribution in [-0.4, -0.2) is 32.5 Å². The maximum atomic E-state index is 14.5. The number of aromatic nitrogens is 3. The number of hydrogen-bond donors (Lipinski definition) is 1. The monoisotopic (exact) mass is 430 g/mol. The second-order valence-corrected chi connectivity index (χ2v) is 9.44. The highest BCUT2D eigenvalue weighted by molar-refractivity contribution is 7.99. The summed E-state index contributed by atoms with van der Waals surface area (Å²) in [7, 11) is 0. The molecule has 2 aliphatic carbocycles. The molecule has 1 N–H and O–H groups in total. The molecule has 2 aliphatic rings. The van der Waals surface area contributed by atoms with Crippen LogP contribution in [0.25, 0.3) is 11.4 Å². The molecule has 5 nitrogen and oxygen atoms in total. The Labute approximate surface area is 182 Å². The smallest absolute Gasteiger partial charge is 0.230 e. The number of carbonyl (C=O) groups is 1. The van der Waals surface area contributed by atoms with Gasteiger partial charge in [0.25, 0.3) is 0 Å². The van der Waals surface area contributed by atoms with Crippen LogP contribution in [0.2, 0.25) is 0 Å². The topological polar surface area (TPSA) is 59.8 Å². The molecule has 2 fully saturated rings. The van der Waals surface area contributed by atoms with Crippen molar-refractivity contribution in [3.63, 3.8) is 0 Å². The van der Waals surface area contributed by atoms with Crippen LogP contribution in [0.4, 0.5) is 4.39 Å². The predicted molar refractivity (Wildman–Crippen MR) is 118 cm³/mol. The molecule has 2 aromatic rings. The SMILES string of the molecule is O=C(CSc1nnc(-c2ccccc2F)n1C1CCCCC1)NC1CCCCCC1. The highest BCUT2D eigenvalue weighted by Crippen LogP contribution is 2.36. The van der Waals surface area contributed by atoms with E-state index in [4.69, 9.17) is 0 Å². The Morgan fingerprint density at radius 3 is 2.40 bits per heavy atom. The molecule has 0 spiro atoms. The highest BCUT2D eigenvalue weighted by Gasteiger charge is 2.25. The molecular formula is C23H31FN4OS. The van der Waals surface area contributed by atoms with Crippen LogP contribution in [0.1, 0.15) is 76.7 Å². The van der Waals surface area contributed by atoms with Crippen LogP contribution < -0.4 is 5.32 Å². The third kappa shape index (κ3) is 5.23. The van der Waals surface area contributed by atoms with E-state index in [1.807, 2.05) is 6.07 Å². The average Bonchev–Trinajstić information content (AvgIpc) is 3.02. The summed E-state index contributed by atoms with van der Waals surface area (Å²) < 4.78 is 16.6. The van der Waals surface area contributed by atoms with E-state index in [9.17, 15) is 9.18 Å². The quantitative estimate of drug-likeness (QED) is 0.484. The van der Waals surface area contributed by atoms with Gasteiger partial charge in [-0.05, 0) is 37.8 Å². The summed E-state index contributed by atoms with van der Waals surface area (Å²) in [5, 5.41) is 12.6. The van der Waals surface area contributed by atoms with Gasteiger partial charge in [-0.1, -0.05) is 68.8 Å². The largest absolute Gasteiger partial charge is 0.353 e. The Hall–Kier alpha value is -1.89. The first-order chi connectivity index (χ1) is 14.7. The Balaban J connectivity index is 1.49. The van der Waals surface area contributed by atoms with Crippen LogP contribution in [-0.2, 0) is 4.79 Å². The summed E-state index contributed by atoms with van der Waals surface area (Å²) >= 11 is 1.42. The van der Waals surface area contributed by atoms with E-state index < -0.39 is 0 Å². The van der Waals surface area contributed by atoms with Gasteiger partial charge in [-0.15, -0.1) is 10.2 Å². The maximum Gasteiger partial charge on any atom is 0.230 e. The second-order valence-electron chi connectivity index (χ2n) is 8.49. The molecule has 0 radical (unpaired) electrons. The summed E-state index contributed by atoms with van der Waals surface area (Å²) in [5.41, 5.74) is 0.477. The fraction of sp³-hybridized carbons (Fsp3) is 0.609. The van der Waals surface area contributed by atoms with Gasteiger partial charge in [0.15, 0.2) is 11.0 Å². The molecule has 30 heavy (non-hydrogen) atoms. The fourth-order valence-corrected chi connectivity index (χ4v) is 5.51. The van der Waals surface area contributed by atoms with Gasteiger partial charge in [0.1, 0.15) is 5.82 Å². The normalized spacial score (nSPS) is 18.8. The van der Waals surface area contributed by atoms with E-state index in [-0.39, 0.29) is 17.8 Å². The van der Waals surface area contributed by atoms with E-state index in [0.29, 0.717) is 23.2 Å². The number of carbonyl (C=O) groups excluding carboxylic acids is 1. The zero-order chi connectivity index (χ0) is 20.8. The van der Waals surface area contributed by atoms with E-state index in [0.717, 1.165) is 43.7 Å². The number of nitrogens with zero attached hydrogens (tertiary/aromatic N) is 3. The van der Waals surface area contributed by atoms with Crippen LogP contribution in [0.3, 0.4) is 0 Å². The molecule has 1 aromatic carbocycles. The van der Waals surface area contributed by atoms with Crippen molar-refractivity contribution in [2.75, 3.05) is 5.75 Å². The Morgan fingerprint density at radius 1 is 1.00 bits per heavy atom. The standard InChI is InChI=1S/C23H31FN4OS/c24-20-15-9-8-14-19(20)22-26-27-23(28(22)18-12-6-3-7-13-18)30-16-21(29)25-17-10-4-1-2-5-11-17/h8-9,14-15,17-18H,1-7,10-13,16H2,(H,25,29). The Morgan fingerprint density at radius 2 is 1.67 bits per heavy atom. The predicted octanol–water partition coefficient (Wildman–Crippen LogP) is 5.52. The lowest BCUT2D eigenvalue weighted by Gasteiger charge is -2.25. The number of nitrogens with one attached hydrogen (secondary N) is 1. The summed E-state index contributed by atoms with van der Waals surface area (Å²) in [5.74, 6) is 0.660. The van der Waals surface area contributed by atoms with E-state index >= 15 is 0 Å². The molecule has 7 heteroatoms. The average molecular weight is 431 g/mol. The van der Waals surface area contributed by atoms with Crippen molar-refractivity contribution >= 4 is 17.7 Å². The summed E-state index contributed by atoms with van der Waals surface area (Å²) in [6, 6.07) is 7.29. The van der Waals surface area contributed by atoms with E-state index in [2.05, 4.69) is 20.1 Å². The van der Waals surface area contributed by atoms with Crippen LogP contribution >= 0.6 is 11.8 Å². The number of hydrogen-bond acceptors (Lipinski definition) is 4. The minimum absolute atomic E-state index is 0.0533. The van der Waals surface area contributed by atoms with E-state index in [1.165, 1.54) is 49.9 Å². The van der Waals surface area contributed by atoms with Crippen LogP contribution in [0, 0.1) is 5.82 Å². The summed E-state index contributed by atoms with van der Waals surface area (Å²) in [6.45, 7) is 0. The van der Waals surface area contributed by atoms with Gasteiger partial charge >= 0.3 is 0 Å².